The summed E-state index contributed by atoms with van der Waals surface area (Å²) in [6, 6.07) is 0. The third-order valence-electron chi connectivity index (χ3n) is 4.52. The van der Waals surface area contributed by atoms with Gasteiger partial charge >= 0.3 is 0 Å². The largest absolute Gasteiger partial charge is 0.369 e. The zero-order valence-electron chi connectivity index (χ0n) is 12.9. The van der Waals surface area contributed by atoms with Crippen LogP contribution in [0.4, 0.5) is 0 Å². The van der Waals surface area contributed by atoms with E-state index in [-0.39, 0.29) is 0 Å². The lowest BCUT2D eigenvalue weighted by Crippen LogP contribution is -2.02. The van der Waals surface area contributed by atoms with Gasteiger partial charge in [-0.05, 0) is 12.8 Å². The Kier molecular flexibility index (Phi) is 6.66. The van der Waals surface area contributed by atoms with Gasteiger partial charge in [0.05, 0.1) is 24.4 Å². The van der Waals surface area contributed by atoms with Crippen molar-refractivity contribution in [1.29, 1.82) is 0 Å². The van der Waals surface area contributed by atoms with Crippen LogP contribution in [0.25, 0.3) is 0 Å². The first-order valence-corrected chi connectivity index (χ1v) is 8.66. The van der Waals surface area contributed by atoms with Gasteiger partial charge in [-0.3, -0.25) is 0 Å². The fourth-order valence-corrected chi connectivity index (χ4v) is 3.05. The molecule has 2 heteroatoms. The number of rotatable bonds is 12. The van der Waals surface area contributed by atoms with E-state index in [2.05, 4.69) is 13.8 Å². The molecule has 0 spiro atoms. The Hall–Kier alpha value is -0.0800. The van der Waals surface area contributed by atoms with Crippen molar-refractivity contribution in [3.8, 4) is 0 Å². The molecule has 4 atom stereocenters. The van der Waals surface area contributed by atoms with Crippen molar-refractivity contribution < 1.29 is 9.47 Å². The Bertz CT molecular complexity index is 241. The fraction of sp³-hybridized carbons (Fsp3) is 1.00. The molecule has 0 aliphatic carbocycles. The third-order valence-corrected chi connectivity index (χ3v) is 4.52. The normalized spacial score (nSPS) is 32.5. The second-order valence-electron chi connectivity index (χ2n) is 6.36. The molecule has 2 heterocycles. The minimum absolute atomic E-state index is 0.534. The van der Waals surface area contributed by atoms with E-state index in [1.54, 1.807) is 0 Å². The van der Waals surface area contributed by atoms with Gasteiger partial charge < -0.3 is 9.47 Å². The maximum absolute atomic E-state index is 5.77. The highest BCUT2D eigenvalue weighted by Gasteiger charge is 2.47. The van der Waals surface area contributed by atoms with Crippen molar-refractivity contribution in [2.75, 3.05) is 0 Å². The van der Waals surface area contributed by atoms with Crippen LogP contribution >= 0.6 is 0 Å². The van der Waals surface area contributed by atoms with Crippen molar-refractivity contribution >= 4 is 0 Å². The summed E-state index contributed by atoms with van der Waals surface area (Å²) in [5, 5.41) is 0. The van der Waals surface area contributed by atoms with Crippen LogP contribution in [-0.2, 0) is 9.47 Å². The topological polar surface area (TPSA) is 25.1 Å². The minimum atomic E-state index is 0.534. The van der Waals surface area contributed by atoms with E-state index in [9.17, 15) is 0 Å². The summed E-state index contributed by atoms with van der Waals surface area (Å²) in [6.45, 7) is 4.53. The summed E-state index contributed by atoms with van der Waals surface area (Å²) in [7, 11) is 0. The summed E-state index contributed by atoms with van der Waals surface area (Å²) in [6.07, 6.45) is 16.8. The number of epoxide rings is 2. The summed E-state index contributed by atoms with van der Waals surface area (Å²) >= 11 is 0. The van der Waals surface area contributed by atoms with E-state index in [0.29, 0.717) is 24.4 Å². The van der Waals surface area contributed by atoms with Crippen LogP contribution in [0.5, 0.6) is 0 Å². The second-order valence-corrected chi connectivity index (χ2v) is 6.36. The first kappa shape index (κ1) is 15.3. The molecule has 2 aliphatic rings. The van der Waals surface area contributed by atoms with Gasteiger partial charge in [0.2, 0.25) is 0 Å². The predicted molar refractivity (Wildman–Crippen MR) is 79.5 cm³/mol. The quantitative estimate of drug-likeness (QED) is 0.373. The van der Waals surface area contributed by atoms with Crippen LogP contribution in [0.15, 0.2) is 0 Å². The Morgan fingerprint density at radius 3 is 1.63 bits per heavy atom. The first-order valence-electron chi connectivity index (χ1n) is 8.66. The van der Waals surface area contributed by atoms with E-state index >= 15 is 0 Å². The number of hydrogen-bond donors (Lipinski definition) is 0. The molecule has 0 aromatic rings. The molecule has 2 nitrogen and oxygen atoms in total. The fourth-order valence-electron chi connectivity index (χ4n) is 3.05. The van der Waals surface area contributed by atoms with Crippen LogP contribution < -0.4 is 0 Å². The average molecular weight is 268 g/mol. The second kappa shape index (κ2) is 8.26. The van der Waals surface area contributed by atoms with Crippen molar-refractivity contribution in [3.05, 3.63) is 0 Å². The van der Waals surface area contributed by atoms with Gasteiger partial charge in [-0.1, -0.05) is 65.2 Å². The first-order chi connectivity index (χ1) is 9.35. The highest BCUT2D eigenvalue weighted by Crippen LogP contribution is 2.39. The van der Waals surface area contributed by atoms with Crippen LogP contribution in [-0.4, -0.2) is 24.4 Å². The highest BCUT2D eigenvalue weighted by molar-refractivity contribution is 4.94. The van der Waals surface area contributed by atoms with Crippen molar-refractivity contribution in [2.45, 2.75) is 109 Å². The summed E-state index contributed by atoms with van der Waals surface area (Å²) in [4.78, 5) is 0. The lowest BCUT2D eigenvalue weighted by molar-refractivity contribution is 0.318. The lowest BCUT2D eigenvalue weighted by atomic mass is 10.0. The number of unbranched alkanes of at least 4 members (excludes halogenated alkanes) is 6. The molecular formula is C17H32O2. The molecular weight excluding hydrogens is 236 g/mol. The third kappa shape index (κ3) is 5.83. The van der Waals surface area contributed by atoms with Crippen LogP contribution in [0.3, 0.4) is 0 Å². The SMILES string of the molecule is CCCCCCCC1OC1CC1OC1CCCCC. The molecule has 112 valence electrons. The molecule has 0 aromatic carbocycles. The lowest BCUT2D eigenvalue weighted by Gasteiger charge is -1.97. The monoisotopic (exact) mass is 268 g/mol. The van der Waals surface area contributed by atoms with E-state index in [1.165, 1.54) is 64.2 Å². The molecule has 2 rings (SSSR count). The van der Waals surface area contributed by atoms with Gasteiger partial charge in [-0.25, -0.2) is 0 Å². The molecule has 4 unspecified atom stereocenters. The molecule has 0 bridgehead atoms. The van der Waals surface area contributed by atoms with Gasteiger partial charge in [0.15, 0.2) is 0 Å². The van der Waals surface area contributed by atoms with Crippen LogP contribution in [0, 0.1) is 0 Å². The van der Waals surface area contributed by atoms with E-state index in [4.69, 9.17) is 9.47 Å². The zero-order valence-corrected chi connectivity index (χ0v) is 12.9. The van der Waals surface area contributed by atoms with Crippen molar-refractivity contribution in [2.24, 2.45) is 0 Å². The standard InChI is InChI=1S/C17H32O2/c1-3-5-7-8-10-12-15-17(19-15)13-16-14(18-16)11-9-6-4-2/h14-17H,3-13H2,1-2H3. The molecule has 2 fully saturated rings. The Morgan fingerprint density at radius 1 is 0.579 bits per heavy atom. The van der Waals surface area contributed by atoms with Crippen LogP contribution in [0.1, 0.15) is 84.5 Å². The molecule has 2 saturated heterocycles. The Morgan fingerprint density at radius 2 is 1.05 bits per heavy atom. The van der Waals surface area contributed by atoms with Crippen LogP contribution in [0.2, 0.25) is 0 Å². The summed E-state index contributed by atoms with van der Waals surface area (Å²) in [5.41, 5.74) is 0. The average Bonchev–Trinajstić information content (AvgIpc) is 3.30. The van der Waals surface area contributed by atoms with Gasteiger partial charge in [0, 0.05) is 6.42 Å². The molecule has 0 N–H and O–H groups in total. The number of ether oxygens (including phenoxy) is 2. The Balaban J connectivity index is 1.41. The van der Waals surface area contributed by atoms with E-state index in [1.807, 2.05) is 0 Å². The molecule has 0 radical (unpaired) electrons. The van der Waals surface area contributed by atoms with E-state index in [0.717, 1.165) is 6.42 Å². The van der Waals surface area contributed by atoms with Gasteiger partial charge in [-0.2, -0.15) is 0 Å². The number of hydrogen-bond acceptors (Lipinski definition) is 2. The van der Waals surface area contributed by atoms with E-state index < -0.39 is 0 Å². The Labute approximate surface area is 119 Å². The van der Waals surface area contributed by atoms with Gasteiger partial charge in [0.25, 0.3) is 0 Å². The smallest absolute Gasteiger partial charge is 0.0867 e. The molecule has 0 amide bonds. The molecule has 2 aliphatic heterocycles. The minimum Gasteiger partial charge on any atom is -0.369 e. The van der Waals surface area contributed by atoms with Crippen molar-refractivity contribution in [1.82, 2.24) is 0 Å². The maximum Gasteiger partial charge on any atom is 0.0867 e. The summed E-state index contributed by atoms with van der Waals surface area (Å²) < 4.78 is 11.5. The van der Waals surface area contributed by atoms with Crippen molar-refractivity contribution in [3.63, 3.8) is 0 Å². The predicted octanol–water partition coefficient (Wildman–Crippen LogP) is 4.85. The molecule has 0 aromatic heterocycles. The summed E-state index contributed by atoms with van der Waals surface area (Å²) in [5.74, 6) is 0. The van der Waals surface area contributed by atoms with Gasteiger partial charge in [0.1, 0.15) is 0 Å². The molecule has 19 heavy (non-hydrogen) atoms. The highest BCUT2D eigenvalue weighted by atomic mass is 16.6. The van der Waals surface area contributed by atoms with Gasteiger partial charge in [-0.15, -0.1) is 0 Å². The maximum atomic E-state index is 5.77. The zero-order chi connectivity index (χ0) is 13.5. The molecule has 0 saturated carbocycles.